The maximum Gasteiger partial charge on any atom is 0.216 e. The van der Waals surface area contributed by atoms with E-state index >= 15 is 0 Å². The average molecular weight is 256 g/mol. The van der Waals surface area contributed by atoms with Crippen molar-refractivity contribution in [3.8, 4) is 0 Å². The molecule has 0 radical (unpaired) electrons. The maximum atomic E-state index is 11.7. The highest BCUT2D eigenvalue weighted by Gasteiger charge is 2.30. The van der Waals surface area contributed by atoms with E-state index in [1.807, 2.05) is 0 Å². The van der Waals surface area contributed by atoms with E-state index < -0.39 is 10.0 Å². The smallest absolute Gasteiger partial charge is 0.216 e. The summed E-state index contributed by atoms with van der Waals surface area (Å²) >= 11 is 5.84. The van der Waals surface area contributed by atoms with Gasteiger partial charge in [0.1, 0.15) is 0 Å². The molecule has 6 heteroatoms. The first-order chi connectivity index (χ1) is 6.95. The lowest BCUT2D eigenvalue weighted by atomic mass is 9.85. The van der Waals surface area contributed by atoms with Gasteiger partial charge in [-0.2, -0.15) is 0 Å². The zero-order valence-corrected chi connectivity index (χ0v) is 10.7. The summed E-state index contributed by atoms with van der Waals surface area (Å²) in [4.78, 5) is 0. The molecule has 1 aliphatic rings. The predicted molar refractivity (Wildman–Crippen MR) is 60.7 cm³/mol. The Morgan fingerprint density at radius 1 is 1.47 bits per heavy atom. The van der Waals surface area contributed by atoms with Gasteiger partial charge in [0, 0.05) is 26.1 Å². The number of nitrogens with zero attached hydrogens (tertiary/aromatic N) is 1. The van der Waals surface area contributed by atoms with Crippen LogP contribution < -0.4 is 0 Å². The monoisotopic (exact) mass is 255 g/mol. The third kappa shape index (κ3) is 3.90. The zero-order chi connectivity index (χ0) is 11.5. The van der Waals surface area contributed by atoms with Crippen LogP contribution in [0.2, 0.25) is 0 Å². The molecule has 1 saturated carbocycles. The van der Waals surface area contributed by atoms with E-state index in [9.17, 15) is 8.42 Å². The fraction of sp³-hybridized carbons (Fsp3) is 1.00. The molecule has 0 aromatic heterocycles. The molecule has 90 valence electrons. The molecule has 0 amide bonds. The number of methoxy groups -OCH3 is 1. The first kappa shape index (κ1) is 13.2. The van der Waals surface area contributed by atoms with E-state index in [0.29, 0.717) is 12.5 Å². The van der Waals surface area contributed by atoms with E-state index in [-0.39, 0.29) is 17.7 Å². The topological polar surface area (TPSA) is 46.6 Å². The number of hydrogen-bond acceptors (Lipinski definition) is 3. The van der Waals surface area contributed by atoms with Crippen LogP contribution in [-0.4, -0.2) is 51.2 Å². The van der Waals surface area contributed by atoms with Gasteiger partial charge in [0.15, 0.2) is 0 Å². The van der Waals surface area contributed by atoms with Crippen LogP contribution >= 0.6 is 11.6 Å². The fourth-order valence-electron chi connectivity index (χ4n) is 1.63. The van der Waals surface area contributed by atoms with E-state index in [0.717, 1.165) is 12.8 Å². The highest BCUT2D eigenvalue weighted by molar-refractivity contribution is 7.89. The van der Waals surface area contributed by atoms with E-state index in [4.69, 9.17) is 16.3 Å². The summed E-state index contributed by atoms with van der Waals surface area (Å²) in [5.74, 6) is 0.478. The standard InChI is InChI=1S/C9H18ClNO3S/c1-11(7-8-5-9(10)6-8)15(12,13)4-3-14-2/h8-9H,3-7H2,1-2H3. The number of sulfonamides is 1. The van der Waals surface area contributed by atoms with E-state index in [1.165, 1.54) is 11.4 Å². The van der Waals surface area contributed by atoms with E-state index in [1.54, 1.807) is 7.05 Å². The fourth-order valence-corrected chi connectivity index (χ4v) is 3.26. The summed E-state index contributed by atoms with van der Waals surface area (Å²) < 4.78 is 29.5. The van der Waals surface area contributed by atoms with Gasteiger partial charge in [-0.25, -0.2) is 12.7 Å². The van der Waals surface area contributed by atoms with Gasteiger partial charge in [0.2, 0.25) is 10.0 Å². The first-order valence-corrected chi connectivity index (χ1v) is 7.07. The van der Waals surface area contributed by atoms with Crippen molar-refractivity contribution >= 4 is 21.6 Å². The Bertz CT molecular complexity index is 288. The second kappa shape index (κ2) is 5.48. The summed E-state index contributed by atoms with van der Waals surface area (Å²) in [5.41, 5.74) is 0. The van der Waals surface area contributed by atoms with Gasteiger partial charge in [0.25, 0.3) is 0 Å². The number of rotatable bonds is 6. The molecule has 0 bridgehead atoms. The second-order valence-corrected chi connectivity index (χ2v) is 6.84. The second-order valence-electron chi connectivity index (χ2n) is 4.02. The lowest BCUT2D eigenvalue weighted by Crippen LogP contribution is -2.39. The largest absolute Gasteiger partial charge is 0.384 e. The molecular weight excluding hydrogens is 238 g/mol. The highest BCUT2D eigenvalue weighted by Crippen LogP contribution is 2.32. The third-order valence-corrected chi connectivity index (χ3v) is 4.85. The van der Waals surface area contributed by atoms with Crippen molar-refractivity contribution in [2.75, 3.05) is 33.1 Å². The van der Waals surface area contributed by atoms with Crippen molar-refractivity contribution in [3.05, 3.63) is 0 Å². The molecule has 0 unspecified atom stereocenters. The molecule has 0 N–H and O–H groups in total. The number of halogens is 1. The molecule has 0 spiro atoms. The molecule has 0 aromatic carbocycles. The van der Waals surface area contributed by atoms with Crippen molar-refractivity contribution in [2.24, 2.45) is 5.92 Å². The molecule has 0 aliphatic heterocycles. The summed E-state index contributed by atoms with van der Waals surface area (Å²) in [6.45, 7) is 0.824. The number of alkyl halides is 1. The van der Waals surface area contributed by atoms with Crippen LogP contribution in [-0.2, 0) is 14.8 Å². The van der Waals surface area contributed by atoms with Crippen molar-refractivity contribution < 1.29 is 13.2 Å². The van der Waals surface area contributed by atoms with Crippen LogP contribution in [0.1, 0.15) is 12.8 Å². The average Bonchev–Trinajstić information content (AvgIpc) is 2.12. The Labute approximate surface area is 96.6 Å². The van der Waals surface area contributed by atoms with Gasteiger partial charge in [0.05, 0.1) is 12.4 Å². The zero-order valence-electron chi connectivity index (χ0n) is 9.15. The third-order valence-electron chi connectivity index (χ3n) is 2.71. The van der Waals surface area contributed by atoms with Gasteiger partial charge in [-0.05, 0) is 18.8 Å². The molecule has 0 saturated heterocycles. The SMILES string of the molecule is COCCS(=O)(=O)N(C)CC1CC(Cl)C1. The van der Waals surface area contributed by atoms with Gasteiger partial charge < -0.3 is 4.74 Å². The van der Waals surface area contributed by atoms with Gasteiger partial charge in [-0.15, -0.1) is 11.6 Å². The van der Waals surface area contributed by atoms with Crippen molar-refractivity contribution in [3.63, 3.8) is 0 Å². The minimum Gasteiger partial charge on any atom is -0.384 e. The minimum absolute atomic E-state index is 0.0526. The first-order valence-electron chi connectivity index (χ1n) is 5.02. The highest BCUT2D eigenvalue weighted by atomic mass is 35.5. The lowest BCUT2D eigenvalue weighted by molar-refractivity contribution is 0.214. The number of hydrogen-bond donors (Lipinski definition) is 0. The van der Waals surface area contributed by atoms with Crippen LogP contribution in [0, 0.1) is 5.92 Å². The summed E-state index contributed by atoms with van der Waals surface area (Å²) in [6.07, 6.45) is 1.84. The molecule has 0 atom stereocenters. The Morgan fingerprint density at radius 3 is 2.53 bits per heavy atom. The quantitative estimate of drug-likeness (QED) is 0.663. The molecule has 0 aromatic rings. The van der Waals surface area contributed by atoms with Crippen molar-refractivity contribution in [1.29, 1.82) is 0 Å². The molecule has 1 aliphatic carbocycles. The molecular formula is C9H18ClNO3S. The van der Waals surface area contributed by atoms with Crippen LogP contribution in [0.5, 0.6) is 0 Å². The Balaban J connectivity index is 2.35. The number of ether oxygens (including phenoxy) is 1. The normalized spacial score (nSPS) is 26.7. The van der Waals surface area contributed by atoms with Gasteiger partial charge >= 0.3 is 0 Å². The van der Waals surface area contributed by atoms with Crippen LogP contribution in [0.15, 0.2) is 0 Å². The Hall–Kier alpha value is 0.160. The molecule has 1 rings (SSSR count). The molecule has 4 nitrogen and oxygen atoms in total. The van der Waals surface area contributed by atoms with Crippen molar-refractivity contribution in [1.82, 2.24) is 4.31 Å². The predicted octanol–water partition coefficient (Wildman–Crippen LogP) is 0.912. The van der Waals surface area contributed by atoms with Crippen molar-refractivity contribution in [2.45, 2.75) is 18.2 Å². The van der Waals surface area contributed by atoms with Gasteiger partial charge in [-0.1, -0.05) is 0 Å². The van der Waals surface area contributed by atoms with Crippen LogP contribution in [0.4, 0.5) is 0 Å². The van der Waals surface area contributed by atoms with Crippen LogP contribution in [0.25, 0.3) is 0 Å². The summed E-state index contributed by atoms with van der Waals surface area (Å²) in [7, 11) is -0.0288. The lowest BCUT2D eigenvalue weighted by Gasteiger charge is -2.33. The van der Waals surface area contributed by atoms with Gasteiger partial charge in [-0.3, -0.25) is 0 Å². The molecule has 1 fully saturated rings. The minimum atomic E-state index is -3.15. The van der Waals surface area contributed by atoms with E-state index in [2.05, 4.69) is 0 Å². The summed E-state index contributed by atoms with van der Waals surface area (Å²) in [6, 6.07) is 0. The summed E-state index contributed by atoms with van der Waals surface area (Å²) in [5, 5.41) is 0.241. The molecule has 0 heterocycles. The Morgan fingerprint density at radius 2 is 2.07 bits per heavy atom. The maximum absolute atomic E-state index is 11.7. The van der Waals surface area contributed by atoms with Crippen LogP contribution in [0.3, 0.4) is 0 Å². The Kier molecular flexibility index (Phi) is 4.83. The molecule has 15 heavy (non-hydrogen) atoms.